The van der Waals surface area contributed by atoms with E-state index in [4.69, 9.17) is 0 Å². The highest BCUT2D eigenvalue weighted by Crippen LogP contribution is 2.23. The number of halogens is 1. The number of aliphatic imine (C=N–C) groups is 1. The van der Waals surface area contributed by atoms with Crippen molar-refractivity contribution in [1.82, 2.24) is 20.4 Å². The average Bonchev–Trinajstić information content (AvgIpc) is 3.28. The molecule has 0 aliphatic heterocycles. The second kappa shape index (κ2) is 12.3. The number of aromatic nitrogens is 2. The van der Waals surface area contributed by atoms with Crippen LogP contribution in [0.5, 0.6) is 0 Å². The third-order valence-corrected chi connectivity index (χ3v) is 7.00. The van der Waals surface area contributed by atoms with Gasteiger partial charge in [0.05, 0.1) is 5.69 Å². The molecule has 1 aliphatic carbocycles. The summed E-state index contributed by atoms with van der Waals surface area (Å²) in [5, 5.41) is 11.5. The van der Waals surface area contributed by atoms with Crippen molar-refractivity contribution in [3.8, 4) is 5.69 Å². The number of rotatable bonds is 7. The van der Waals surface area contributed by atoms with Crippen molar-refractivity contribution in [3.63, 3.8) is 0 Å². The minimum absolute atomic E-state index is 0. The summed E-state index contributed by atoms with van der Waals surface area (Å²) >= 11 is 0. The number of nitrogens with zero attached hydrogens (tertiary/aromatic N) is 3. The van der Waals surface area contributed by atoms with E-state index >= 15 is 0 Å². The zero-order chi connectivity index (χ0) is 19.8. The molecule has 2 N–H and O–H groups in total. The molecule has 0 spiro atoms. The monoisotopic (exact) mass is 529 g/mol. The topological polar surface area (TPSA) is 71.3 Å². The highest BCUT2D eigenvalue weighted by molar-refractivity contribution is 14.0. The molecule has 1 saturated carbocycles. The lowest BCUT2D eigenvalue weighted by Gasteiger charge is -2.30. The molecule has 29 heavy (non-hydrogen) atoms. The highest BCUT2D eigenvalue weighted by Gasteiger charge is 2.25. The molecule has 2 aromatic rings. The van der Waals surface area contributed by atoms with Crippen molar-refractivity contribution in [1.29, 1.82) is 0 Å². The minimum Gasteiger partial charge on any atom is -0.356 e. The van der Waals surface area contributed by atoms with Crippen LogP contribution in [0.3, 0.4) is 0 Å². The molecule has 6 nitrogen and oxygen atoms in total. The summed E-state index contributed by atoms with van der Waals surface area (Å²) in [4.78, 5) is 4.36. The van der Waals surface area contributed by atoms with Crippen LogP contribution in [0.2, 0.25) is 0 Å². The Morgan fingerprint density at radius 2 is 2.10 bits per heavy atom. The molecule has 160 valence electrons. The summed E-state index contributed by atoms with van der Waals surface area (Å²) in [6.45, 7) is 2.83. The van der Waals surface area contributed by atoms with Gasteiger partial charge in [0.1, 0.15) is 0 Å². The Bertz CT molecular complexity index is 779. The molecule has 3 rings (SSSR count). The second-order valence-corrected chi connectivity index (χ2v) is 9.17. The SMILES string of the molecule is CCS(=O)C1CCCC(NC(=NC)NCCc2ccc(-n3cccn3)cc2)C1.I. The Kier molecular flexibility index (Phi) is 10.1. The Labute approximate surface area is 193 Å². The van der Waals surface area contributed by atoms with Gasteiger partial charge in [0.15, 0.2) is 5.96 Å². The molecule has 1 fully saturated rings. The summed E-state index contributed by atoms with van der Waals surface area (Å²) in [5.41, 5.74) is 2.34. The molecule has 1 aromatic heterocycles. The summed E-state index contributed by atoms with van der Waals surface area (Å²) in [6, 6.07) is 10.7. The van der Waals surface area contributed by atoms with Gasteiger partial charge in [-0.3, -0.25) is 9.20 Å². The van der Waals surface area contributed by atoms with Crippen molar-refractivity contribution < 1.29 is 4.21 Å². The molecule has 8 heteroatoms. The quantitative estimate of drug-likeness (QED) is 0.328. The lowest BCUT2D eigenvalue weighted by Crippen LogP contribution is -2.47. The van der Waals surface area contributed by atoms with Crippen molar-refractivity contribution in [2.24, 2.45) is 4.99 Å². The van der Waals surface area contributed by atoms with E-state index in [1.54, 1.807) is 13.2 Å². The fourth-order valence-electron chi connectivity index (χ4n) is 3.70. The lowest BCUT2D eigenvalue weighted by molar-refractivity contribution is 0.413. The molecule has 3 unspecified atom stereocenters. The molecule has 1 aromatic carbocycles. The van der Waals surface area contributed by atoms with Crippen LogP contribution in [0.1, 0.15) is 38.2 Å². The van der Waals surface area contributed by atoms with Gasteiger partial charge in [-0.2, -0.15) is 5.10 Å². The molecule has 3 atom stereocenters. The van der Waals surface area contributed by atoms with Crippen molar-refractivity contribution >= 4 is 40.7 Å². The van der Waals surface area contributed by atoms with E-state index in [9.17, 15) is 4.21 Å². The molecular formula is C21H32IN5OS. The van der Waals surface area contributed by atoms with Crippen LogP contribution >= 0.6 is 24.0 Å². The predicted molar refractivity (Wildman–Crippen MR) is 132 cm³/mol. The van der Waals surface area contributed by atoms with Crippen LogP contribution in [-0.2, 0) is 17.2 Å². The number of guanidine groups is 1. The van der Waals surface area contributed by atoms with Crippen LogP contribution in [0.4, 0.5) is 0 Å². The smallest absolute Gasteiger partial charge is 0.191 e. The number of benzene rings is 1. The maximum atomic E-state index is 12.1. The third kappa shape index (κ3) is 7.09. The van der Waals surface area contributed by atoms with Crippen LogP contribution in [0.25, 0.3) is 5.69 Å². The Morgan fingerprint density at radius 1 is 1.31 bits per heavy atom. The average molecular weight is 529 g/mol. The maximum Gasteiger partial charge on any atom is 0.191 e. The number of hydrogen-bond acceptors (Lipinski definition) is 3. The van der Waals surface area contributed by atoms with Crippen molar-refractivity contribution in [2.75, 3.05) is 19.3 Å². The number of nitrogens with one attached hydrogen (secondary N) is 2. The Hall–Kier alpha value is -1.42. The highest BCUT2D eigenvalue weighted by atomic mass is 127. The largest absolute Gasteiger partial charge is 0.356 e. The van der Waals surface area contributed by atoms with Gasteiger partial charge in [0, 0.05) is 53.8 Å². The normalized spacial score (nSPS) is 20.6. The third-order valence-electron chi connectivity index (χ3n) is 5.26. The van der Waals surface area contributed by atoms with E-state index in [1.807, 2.05) is 23.9 Å². The first kappa shape index (κ1) is 23.9. The Balaban J connectivity index is 0.00000300. The van der Waals surface area contributed by atoms with Gasteiger partial charge in [0.25, 0.3) is 0 Å². The zero-order valence-corrected chi connectivity index (χ0v) is 20.4. The lowest BCUT2D eigenvalue weighted by atomic mass is 9.95. The molecule has 0 radical (unpaired) electrons. The van der Waals surface area contributed by atoms with E-state index in [0.29, 0.717) is 11.3 Å². The summed E-state index contributed by atoms with van der Waals surface area (Å²) in [7, 11) is 1.10. The predicted octanol–water partition coefficient (Wildman–Crippen LogP) is 3.28. The molecule has 1 heterocycles. The molecular weight excluding hydrogens is 497 g/mol. The van der Waals surface area contributed by atoms with Gasteiger partial charge in [0.2, 0.25) is 0 Å². The van der Waals surface area contributed by atoms with E-state index in [-0.39, 0.29) is 24.0 Å². The Morgan fingerprint density at radius 3 is 2.76 bits per heavy atom. The molecule has 0 saturated heterocycles. The van der Waals surface area contributed by atoms with Gasteiger partial charge in [-0.25, -0.2) is 4.68 Å². The van der Waals surface area contributed by atoms with Gasteiger partial charge in [-0.15, -0.1) is 24.0 Å². The standard InChI is InChI=1S/C21H31N5OS.HI/c1-3-28(27)20-7-4-6-18(16-20)25-21(22-2)23-14-12-17-8-10-19(11-9-17)26-15-5-13-24-26;/h5,8-11,13,15,18,20H,3-4,6-7,12,14,16H2,1-2H3,(H2,22,23,25);1H. The zero-order valence-electron chi connectivity index (χ0n) is 17.2. The molecule has 0 amide bonds. The van der Waals surface area contributed by atoms with Gasteiger partial charge in [-0.1, -0.05) is 25.5 Å². The first-order valence-corrected chi connectivity index (χ1v) is 11.5. The summed E-state index contributed by atoms with van der Waals surface area (Å²) in [5.74, 6) is 1.59. The fourth-order valence-corrected chi connectivity index (χ4v) is 5.05. The van der Waals surface area contributed by atoms with Crippen LogP contribution in [-0.4, -0.2) is 50.6 Å². The molecule has 0 bridgehead atoms. The second-order valence-electron chi connectivity index (χ2n) is 7.17. The van der Waals surface area contributed by atoms with Crippen LogP contribution in [0, 0.1) is 0 Å². The van der Waals surface area contributed by atoms with Crippen LogP contribution < -0.4 is 10.6 Å². The maximum absolute atomic E-state index is 12.1. The van der Waals surface area contributed by atoms with Gasteiger partial charge < -0.3 is 10.6 Å². The van der Waals surface area contributed by atoms with E-state index in [2.05, 4.69) is 45.0 Å². The van der Waals surface area contributed by atoms with Gasteiger partial charge >= 0.3 is 0 Å². The minimum atomic E-state index is -0.701. The van der Waals surface area contributed by atoms with E-state index in [0.717, 1.165) is 56.0 Å². The summed E-state index contributed by atoms with van der Waals surface area (Å²) < 4.78 is 14.0. The van der Waals surface area contributed by atoms with Crippen molar-refractivity contribution in [2.45, 2.75) is 50.3 Å². The summed E-state index contributed by atoms with van der Waals surface area (Å²) in [6.07, 6.45) is 8.95. The van der Waals surface area contributed by atoms with Gasteiger partial charge in [-0.05, 0) is 49.4 Å². The van der Waals surface area contributed by atoms with Crippen LogP contribution in [0.15, 0.2) is 47.7 Å². The van der Waals surface area contributed by atoms with Crippen molar-refractivity contribution in [3.05, 3.63) is 48.3 Å². The first-order valence-electron chi connectivity index (χ1n) is 10.1. The number of hydrogen-bond donors (Lipinski definition) is 2. The first-order chi connectivity index (χ1) is 13.7. The van der Waals surface area contributed by atoms with E-state index < -0.39 is 10.8 Å². The van der Waals surface area contributed by atoms with E-state index in [1.165, 1.54) is 5.56 Å². The molecule has 1 aliphatic rings. The fraction of sp³-hybridized carbons (Fsp3) is 0.524.